The molecule has 0 aromatic heterocycles. The van der Waals surface area contributed by atoms with E-state index in [1.54, 1.807) is 0 Å². The van der Waals surface area contributed by atoms with Gasteiger partial charge in [0.05, 0.1) is 13.5 Å². The predicted molar refractivity (Wildman–Crippen MR) is 85.0 cm³/mol. The Balaban J connectivity index is 2.27. The van der Waals surface area contributed by atoms with Crippen LogP contribution in [-0.4, -0.2) is 13.1 Å². The van der Waals surface area contributed by atoms with Crippen LogP contribution in [0.3, 0.4) is 0 Å². The van der Waals surface area contributed by atoms with E-state index in [9.17, 15) is 4.79 Å². The Morgan fingerprint density at radius 3 is 2.10 bits per heavy atom. The van der Waals surface area contributed by atoms with Crippen LogP contribution in [0.1, 0.15) is 18.0 Å². The van der Waals surface area contributed by atoms with Crippen LogP contribution < -0.4 is 5.73 Å². The molecule has 0 aliphatic heterocycles. The summed E-state index contributed by atoms with van der Waals surface area (Å²) in [5.74, 6) is -0.292. The largest absolute Gasteiger partial charge is 0.469 e. The van der Waals surface area contributed by atoms with Crippen molar-refractivity contribution in [1.29, 1.82) is 0 Å². The summed E-state index contributed by atoms with van der Waals surface area (Å²) >= 11 is 0. The maximum absolute atomic E-state index is 11.6. The summed E-state index contributed by atoms with van der Waals surface area (Å²) in [5, 5.41) is 4.44. The Hall–Kier alpha value is -2.39. The van der Waals surface area contributed by atoms with Gasteiger partial charge in [-0.25, -0.2) is 0 Å². The molecular weight excluding hydrogens is 262 g/mol. The zero-order valence-electron chi connectivity index (χ0n) is 11.9. The lowest BCUT2D eigenvalue weighted by Crippen LogP contribution is -2.17. The Kier molecular flexibility index (Phi) is 3.59. The number of benzene rings is 3. The number of carbonyl (C=O) groups excluding carboxylic acids is 1. The first-order valence-corrected chi connectivity index (χ1v) is 6.93. The minimum absolute atomic E-state index is 0.175. The second-order valence-electron chi connectivity index (χ2n) is 5.12. The van der Waals surface area contributed by atoms with Gasteiger partial charge in [0, 0.05) is 6.04 Å². The minimum Gasteiger partial charge on any atom is -0.469 e. The summed E-state index contributed by atoms with van der Waals surface area (Å²) < 4.78 is 4.75. The summed E-state index contributed by atoms with van der Waals surface area (Å²) in [5.41, 5.74) is 7.31. The van der Waals surface area contributed by atoms with Crippen molar-refractivity contribution >= 4 is 27.5 Å². The molecule has 0 saturated carbocycles. The molecule has 3 nitrogen and oxygen atoms in total. The highest BCUT2D eigenvalue weighted by Crippen LogP contribution is 2.33. The number of hydrogen-bond donors (Lipinski definition) is 1. The second-order valence-corrected chi connectivity index (χ2v) is 5.12. The van der Waals surface area contributed by atoms with Crippen LogP contribution in [0.25, 0.3) is 21.5 Å². The van der Waals surface area contributed by atoms with E-state index in [1.807, 2.05) is 36.4 Å². The lowest BCUT2D eigenvalue weighted by molar-refractivity contribution is -0.141. The molecular formula is C18H17NO2. The van der Waals surface area contributed by atoms with E-state index >= 15 is 0 Å². The Morgan fingerprint density at radius 2 is 1.57 bits per heavy atom. The molecule has 3 aromatic carbocycles. The van der Waals surface area contributed by atoms with Crippen molar-refractivity contribution < 1.29 is 9.53 Å². The molecule has 0 aliphatic carbocycles. The zero-order chi connectivity index (χ0) is 14.8. The van der Waals surface area contributed by atoms with Gasteiger partial charge in [0.2, 0.25) is 0 Å². The topological polar surface area (TPSA) is 52.3 Å². The normalized spacial score (nSPS) is 12.5. The average Bonchev–Trinajstić information content (AvgIpc) is 2.52. The Morgan fingerprint density at radius 1 is 1.05 bits per heavy atom. The summed E-state index contributed by atoms with van der Waals surface area (Å²) in [7, 11) is 1.39. The Bertz CT molecular complexity index is 757. The quantitative estimate of drug-likeness (QED) is 0.589. The van der Waals surface area contributed by atoms with E-state index in [0.717, 1.165) is 27.1 Å². The molecule has 3 heteroatoms. The van der Waals surface area contributed by atoms with Crippen molar-refractivity contribution in [3.05, 3.63) is 60.2 Å². The van der Waals surface area contributed by atoms with Crippen LogP contribution in [0.4, 0.5) is 0 Å². The minimum atomic E-state index is -0.381. The maximum atomic E-state index is 11.6. The molecule has 2 N–H and O–H groups in total. The summed E-state index contributed by atoms with van der Waals surface area (Å²) in [4.78, 5) is 11.6. The highest BCUT2D eigenvalue weighted by molar-refractivity contribution is 6.02. The average molecular weight is 279 g/mol. The van der Waals surface area contributed by atoms with Gasteiger partial charge in [0.15, 0.2) is 0 Å². The number of hydrogen-bond acceptors (Lipinski definition) is 3. The fourth-order valence-corrected chi connectivity index (χ4v) is 2.81. The lowest BCUT2D eigenvalue weighted by atomic mass is 9.91. The van der Waals surface area contributed by atoms with E-state index in [-0.39, 0.29) is 18.4 Å². The number of carbonyl (C=O) groups is 1. The van der Waals surface area contributed by atoms with E-state index in [2.05, 4.69) is 18.2 Å². The van der Waals surface area contributed by atoms with Crippen molar-refractivity contribution in [2.45, 2.75) is 12.5 Å². The number of rotatable bonds is 3. The maximum Gasteiger partial charge on any atom is 0.307 e. The van der Waals surface area contributed by atoms with Gasteiger partial charge in [-0.1, -0.05) is 48.5 Å². The molecule has 0 aliphatic rings. The monoisotopic (exact) mass is 279 g/mol. The van der Waals surface area contributed by atoms with Crippen LogP contribution in [0.15, 0.2) is 54.6 Å². The van der Waals surface area contributed by atoms with Crippen LogP contribution in [0.5, 0.6) is 0 Å². The van der Waals surface area contributed by atoms with Crippen molar-refractivity contribution in [3.8, 4) is 0 Å². The molecule has 0 heterocycles. The summed E-state index contributed by atoms with van der Waals surface area (Å²) in [6.45, 7) is 0. The molecule has 0 spiro atoms. The third kappa shape index (κ3) is 2.48. The van der Waals surface area contributed by atoms with Crippen molar-refractivity contribution in [2.75, 3.05) is 7.11 Å². The van der Waals surface area contributed by atoms with E-state index in [4.69, 9.17) is 10.5 Å². The molecule has 3 rings (SSSR count). The molecule has 0 amide bonds. The molecule has 1 atom stereocenters. The van der Waals surface area contributed by atoms with Gasteiger partial charge < -0.3 is 10.5 Å². The van der Waals surface area contributed by atoms with Gasteiger partial charge in [-0.2, -0.15) is 0 Å². The summed E-state index contributed by atoms with van der Waals surface area (Å²) in [6.07, 6.45) is 0.175. The van der Waals surface area contributed by atoms with E-state index in [0.29, 0.717) is 0 Å². The second kappa shape index (κ2) is 5.54. The predicted octanol–water partition coefficient (Wildman–Crippen LogP) is 3.56. The fraction of sp³-hybridized carbons (Fsp3) is 0.167. The van der Waals surface area contributed by atoms with Crippen molar-refractivity contribution in [3.63, 3.8) is 0 Å². The van der Waals surface area contributed by atoms with Gasteiger partial charge in [0.1, 0.15) is 0 Å². The number of methoxy groups -OCH3 is 1. The number of nitrogens with two attached hydrogens (primary N) is 1. The first-order chi connectivity index (χ1) is 10.2. The highest BCUT2D eigenvalue weighted by Gasteiger charge is 2.17. The van der Waals surface area contributed by atoms with Crippen molar-refractivity contribution in [2.24, 2.45) is 5.73 Å². The SMILES string of the molecule is COC(=O)C[C@H](N)c1c2ccccc2cc2ccccc12. The zero-order valence-corrected chi connectivity index (χ0v) is 11.9. The third-order valence-corrected chi connectivity index (χ3v) is 3.80. The molecule has 21 heavy (non-hydrogen) atoms. The number of esters is 1. The van der Waals surface area contributed by atoms with Crippen LogP contribution in [0, 0.1) is 0 Å². The third-order valence-electron chi connectivity index (χ3n) is 3.80. The smallest absolute Gasteiger partial charge is 0.307 e. The van der Waals surface area contributed by atoms with E-state index < -0.39 is 0 Å². The van der Waals surface area contributed by atoms with Gasteiger partial charge in [-0.15, -0.1) is 0 Å². The van der Waals surface area contributed by atoms with Crippen LogP contribution in [0.2, 0.25) is 0 Å². The van der Waals surface area contributed by atoms with Gasteiger partial charge >= 0.3 is 5.97 Å². The summed E-state index contributed by atoms with van der Waals surface area (Å²) in [6, 6.07) is 18.0. The molecule has 0 bridgehead atoms. The highest BCUT2D eigenvalue weighted by atomic mass is 16.5. The lowest BCUT2D eigenvalue weighted by Gasteiger charge is -2.17. The fourth-order valence-electron chi connectivity index (χ4n) is 2.81. The standard InChI is InChI=1S/C18H17NO2/c1-21-17(20)11-16(19)18-14-8-4-2-6-12(14)10-13-7-3-5-9-15(13)18/h2-10,16H,11,19H2,1H3/t16-/m0/s1. The van der Waals surface area contributed by atoms with Crippen molar-refractivity contribution in [1.82, 2.24) is 0 Å². The van der Waals surface area contributed by atoms with Gasteiger partial charge in [-0.3, -0.25) is 4.79 Å². The van der Waals surface area contributed by atoms with Crippen LogP contribution >= 0.6 is 0 Å². The molecule has 0 unspecified atom stereocenters. The first kappa shape index (κ1) is 13.6. The molecule has 0 fully saturated rings. The van der Waals surface area contributed by atoms with E-state index in [1.165, 1.54) is 7.11 Å². The van der Waals surface area contributed by atoms with Gasteiger partial charge in [0.25, 0.3) is 0 Å². The van der Waals surface area contributed by atoms with Gasteiger partial charge in [-0.05, 0) is 33.2 Å². The Labute approximate surface area is 123 Å². The molecule has 106 valence electrons. The molecule has 0 radical (unpaired) electrons. The first-order valence-electron chi connectivity index (χ1n) is 6.93. The molecule has 0 saturated heterocycles. The number of fused-ring (bicyclic) bond motifs is 2. The number of ether oxygens (including phenoxy) is 1. The van der Waals surface area contributed by atoms with Crippen LogP contribution in [-0.2, 0) is 9.53 Å². The molecule has 3 aromatic rings.